The molecule has 1 fully saturated rings. The summed E-state index contributed by atoms with van der Waals surface area (Å²) in [5.41, 5.74) is 1.27. The van der Waals surface area contributed by atoms with Crippen LogP contribution in [0.2, 0.25) is 0 Å². The quantitative estimate of drug-likeness (QED) is 0.894. The SMILES string of the molecule is CC(NCCC(=O)N1CCCCCC1)c1ccccc1. The summed E-state index contributed by atoms with van der Waals surface area (Å²) in [5, 5.41) is 3.44. The molecular formula is C17H26N2O. The molecule has 1 aliphatic heterocycles. The lowest BCUT2D eigenvalue weighted by atomic mass is 10.1. The highest BCUT2D eigenvalue weighted by atomic mass is 16.2. The molecule has 0 saturated carbocycles. The molecule has 1 amide bonds. The smallest absolute Gasteiger partial charge is 0.223 e. The third-order valence-electron chi connectivity index (χ3n) is 4.05. The van der Waals surface area contributed by atoms with E-state index in [4.69, 9.17) is 0 Å². The lowest BCUT2D eigenvalue weighted by Crippen LogP contribution is -2.34. The number of nitrogens with zero attached hydrogens (tertiary/aromatic N) is 1. The van der Waals surface area contributed by atoms with Gasteiger partial charge in [-0.25, -0.2) is 0 Å². The van der Waals surface area contributed by atoms with Gasteiger partial charge in [0.05, 0.1) is 0 Å². The first-order valence-corrected chi connectivity index (χ1v) is 7.83. The minimum atomic E-state index is 0.299. The fourth-order valence-electron chi connectivity index (χ4n) is 2.73. The fourth-order valence-corrected chi connectivity index (χ4v) is 2.73. The van der Waals surface area contributed by atoms with Crippen LogP contribution in [0.3, 0.4) is 0 Å². The van der Waals surface area contributed by atoms with Gasteiger partial charge >= 0.3 is 0 Å². The van der Waals surface area contributed by atoms with E-state index in [0.717, 1.165) is 19.6 Å². The highest BCUT2D eigenvalue weighted by molar-refractivity contribution is 5.76. The highest BCUT2D eigenvalue weighted by Crippen LogP contribution is 2.12. The number of carbonyl (C=O) groups is 1. The molecule has 110 valence electrons. The molecule has 0 spiro atoms. The molecule has 1 aromatic rings. The molecule has 1 unspecified atom stereocenters. The molecule has 1 saturated heterocycles. The van der Waals surface area contributed by atoms with Gasteiger partial charge in [-0.05, 0) is 25.3 Å². The zero-order chi connectivity index (χ0) is 14.2. The lowest BCUT2D eigenvalue weighted by molar-refractivity contribution is -0.131. The Labute approximate surface area is 122 Å². The zero-order valence-electron chi connectivity index (χ0n) is 12.5. The van der Waals surface area contributed by atoms with Crippen molar-refractivity contribution in [3.63, 3.8) is 0 Å². The van der Waals surface area contributed by atoms with Gasteiger partial charge < -0.3 is 10.2 Å². The standard InChI is InChI=1S/C17H26N2O/c1-15(16-9-5-4-6-10-16)18-12-11-17(20)19-13-7-2-3-8-14-19/h4-6,9-10,15,18H,2-3,7-8,11-14H2,1H3. The zero-order valence-corrected chi connectivity index (χ0v) is 12.5. The molecule has 0 aliphatic carbocycles. The second-order valence-corrected chi connectivity index (χ2v) is 5.63. The van der Waals surface area contributed by atoms with E-state index in [1.165, 1.54) is 31.2 Å². The van der Waals surface area contributed by atoms with Gasteiger partial charge in [0.15, 0.2) is 0 Å². The Morgan fingerprint density at radius 1 is 1.15 bits per heavy atom. The lowest BCUT2D eigenvalue weighted by Gasteiger charge is -2.21. The predicted molar refractivity (Wildman–Crippen MR) is 82.5 cm³/mol. The van der Waals surface area contributed by atoms with E-state index in [9.17, 15) is 4.79 Å². The Bertz CT molecular complexity index is 397. The number of carbonyl (C=O) groups excluding carboxylic acids is 1. The Morgan fingerprint density at radius 3 is 2.45 bits per heavy atom. The van der Waals surface area contributed by atoms with Crippen LogP contribution in [0.15, 0.2) is 30.3 Å². The molecule has 1 N–H and O–H groups in total. The Kier molecular flexibility index (Phi) is 6.06. The number of rotatable bonds is 5. The summed E-state index contributed by atoms with van der Waals surface area (Å²) in [7, 11) is 0. The van der Waals surface area contributed by atoms with Crippen molar-refractivity contribution >= 4 is 5.91 Å². The van der Waals surface area contributed by atoms with E-state index >= 15 is 0 Å². The molecule has 0 radical (unpaired) electrons. The predicted octanol–water partition coefficient (Wildman–Crippen LogP) is 3.13. The van der Waals surface area contributed by atoms with Crippen molar-refractivity contribution in [2.45, 2.75) is 45.1 Å². The van der Waals surface area contributed by atoms with Crippen molar-refractivity contribution in [2.75, 3.05) is 19.6 Å². The molecule has 3 heteroatoms. The number of likely N-dealkylation sites (tertiary alicyclic amines) is 1. The van der Waals surface area contributed by atoms with E-state index in [-0.39, 0.29) is 0 Å². The maximum Gasteiger partial charge on any atom is 0.223 e. The molecule has 1 atom stereocenters. The van der Waals surface area contributed by atoms with Crippen molar-refractivity contribution in [3.05, 3.63) is 35.9 Å². The van der Waals surface area contributed by atoms with Gasteiger partial charge in [0.2, 0.25) is 5.91 Å². The first-order chi connectivity index (χ1) is 9.77. The summed E-state index contributed by atoms with van der Waals surface area (Å²) in [4.78, 5) is 14.2. The van der Waals surface area contributed by atoms with E-state index in [1.54, 1.807) is 0 Å². The van der Waals surface area contributed by atoms with Gasteiger partial charge in [-0.15, -0.1) is 0 Å². The van der Waals surface area contributed by atoms with Crippen LogP contribution in [0.5, 0.6) is 0 Å². The molecule has 1 aromatic carbocycles. The average Bonchev–Trinajstić information content (AvgIpc) is 2.77. The average molecular weight is 274 g/mol. The normalized spacial score (nSPS) is 17.6. The first-order valence-electron chi connectivity index (χ1n) is 7.83. The fraction of sp³-hybridized carbons (Fsp3) is 0.588. The summed E-state index contributed by atoms with van der Waals surface area (Å²) in [6, 6.07) is 10.7. The Balaban J connectivity index is 1.71. The van der Waals surface area contributed by atoms with Crippen molar-refractivity contribution < 1.29 is 4.79 Å². The Morgan fingerprint density at radius 2 is 1.80 bits per heavy atom. The second kappa shape index (κ2) is 8.05. The summed E-state index contributed by atoms with van der Waals surface area (Å²) in [5.74, 6) is 0.305. The summed E-state index contributed by atoms with van der Waals surface area (Å²) < 4.78 is 0. The maximum atomic E-state index is 12.2. The molecule has 2 rings (SSSR count). The van der Waals surface area contributed by atoms with Crippen LogP contribution in [0.25, 0.3) is 0 Å². The first kappa shape index (κ1) is 15.0. The number of nitrogens with one attached hydrogen (secondary N) is 1. The maximum absolute atomic E-state index is 12.2. The topological polar surface area (TPSA) is 32.3 Å². The van der Waals surface area contributed by atoms with Crippen LogP contribution in [-0.2, 0) is 4.79 Å². The van der Waals surface area contributed by atoms with E-state index in [1.807, 2.05) is 11.0 Å². The van der Waals surface area contributed by atoms with Gasteiger partial charge in [-0.2, -0.15) is 0 Å². The molecule has 0 bridgehead atoms. The summed E-state index contributed by atoms with van der Waals surface area (Å²) in [6.45, 7) is 4.80. The molecule has 20 heavy (non-hydrogen) atoms. The van der Waals surface area contributed by atoms with Crippen LogP contribution in [0.1, 0.15) is 50.6 Å². The molecule has 1 aliphatic rings. The number of benzene rings is 1. The molecular weight excluding hydrogens is 248 g/mol. The van der Waals surface area contributed by atoms with Gasteiger partial charge in [0, 0.05) is 32.1 Å². The third kappa shape index (κ3) is 4.64. The van der Waals surface area contributed by atoms with Crippen LogP contribution < -0.4 is 5.32 Å². The van der Waals surface area contributed by atoms with Crippen LogP contribution in [-0.4, -0.2) is 30.4 Å². The minimum Gasteiger partial charge on any atom is -0.343 e. The molecule has 1 heterocycles. The van der Waals surface area contributed by atoms with Crippen molar-refractivity contribution in [1.29, 1.82) is 0 Å². The van der Waals surface area contributed by atoms with Gasteiger partial charge in [-0.1, -0.05) is 43.2 Å². The molecule has 0 aromatic heterocycles. The minimum absolute atomic E-state index is 0.299. The number of hydrogen-bond acceptors (Lipinski definition) is 2. The van der Waals surface area contributed by atoms with E-state index in [2.05, 4.69) is 36.5 Å². The third-order valence-corrected chi connectivity index (χ3v) is 4.05. The van der Waals surface area contributed by atoms with Crippen LogP contribution >= 0.6 is 0 Å². The van der Waals surface area contributed by atoms with E-state index < -0.39 is 0 Å². The number of amides is 1. The van der Waals surface area contributed by atoms with Gasteiger partial charge in [0.25, 0.3) is 0 Å². The van der Waals surface area contributed by atoms with Gasteiger partial charge in [0.1, 0.15) is 0 Å². The van der Waals surface area contributed by atoms with Gasteiger partial charge in [-0.3, -0.25) is 4.79 Å². The summed E-state index contributed by atoms with van der Waals surface area (Å²) >= 11 is 0. The van der Waals surface area contributed by atoms with Crippen molar-refractivity contribution in [3.8, 4) is 0 Å². The van der Waals surface area contributed by atoms with Crippen LogP contribution in [0.4, 0.5) is 0 Å². The van der Waals surface area contributed by atoms with E-state index in [0.29, 0.717) is 18.4 Å². The monoisotopic (exact) mass is 274 g/mol. The Hall–Kier alpha value is -1.35. The second-order valence-electron chi connectivity index (χ2n) is 5.63. The number of hydrogen-bond donors (Lipinski definition) is 1. The molecule has 3 nitrogen and oxygen atoms in total. The van der Waals surface area contributed by atoms with Crippen LogP contribution in [0, 0.1) is 0 Å². The largest absolute Gasteiger partial charge is 0.343 e. The highest BCUT2D eigenvalue weighted by Gasteiger charge is 2.15. The van der Waals surface area contributed by atoms with Crippen molar-refractivity contribution in [1.82, 2.24) is 10.2 Å². The summed E-state index contributed by atoms with van der Waals surface area (Å²) in [6.07, 6.45) is 5.48. The van der Waals surface area contributed by atoms with Crippen molar-refractivity contribution in [2.24, 2.45) is 0 Å².